The highest BCUT2D eigenvalue weighted by atomic mass is 16.5. The molecular weight excluding hydrogens is 597 g/mol. The second-order valence-corrected chi connectivity index (χ2v) is 12.2. The van der Waals surface area contributed by atoms with Gasteiger partial charge in [0, 0.05) is 45.5 Å². The molecule has 0 saturated heterocycles. The van der Waals surface area contributed by atoms with Crippen molar-refractivity contribution in [1.29, 1.82) is 0 Å². The van der Waals surface area contributed by atoms with Gasteiger partial charge in [-0.2, -0.15) is 0 Å². The van der Waals surface area contributed by atoms with Gasteiger partial charge < -0.3 is 14.5 Å². The fraction of sp³-hybridized carbons (Fsp3) is 0. The zero-order chi connectivity index (χ0) is 32.6. The second kappa shape index (κ2) is 12.2. The van der Waals surface area contributed by atoms with E-state index >= 15 is 0 Å². The smallest absolute Gasteiger partial charge is 0.159 e. The standard InChI is InChI=1S/C46H32N2O/c1-5-14-33(15-6-1)34-24-27-39(28-25-34)48(38-21-11-4-12-22-38)43-31-26-35-16-13-23-42-41-30-29-40(32-44(41)49-46(43)45(35)42)47(36-17-7-2-8-18-36)37-19-9-3-10-20-37/h1-32H. The second-order valence-electron chi connectivity index (χ2n) is 12.2. The van der Waals surface area contributed by atoms with Crippen LogP contribution in [0.1, 0.15) is 0 Å². The van der Waals surface area contributed by atoms with Crippen LogP contribution >= 0.6 is 0 Å². The van der Waals surface area contributed by atoms with E-state index in [9.17, 15) is 0 Å². The zero-order valence-electron chi connectivity index (χ0n) is 26.8. The van der Waals surface area contributed by atoms with E-state index in [1.807, 2.05) is 0 Å². The fourth-order valence-electron chi connectivity index (χ4n) is 6.95. The Bertz CT molecular complexity index is 2350. The van der Waals surface area contributed by atoms with Crippen LogP contribution in [0.3, 0.4) is 0 Å². The molecule has 0 saturated carbocycles. The Morgan fingerprint density at radius 2 is 0.878 bits per heavy atom. The van der Waals surface area contributed by atoms with Gasteiger partial charge in [0.2, 0.25) is 0 Å². The number of hydrogen-bond donors (Lipinski definition) is 0. The van der Waals surface area contributed by atoms with E-state index in [1.165, 1.54) is 16.7 Å². The average Bonchev–Trinajstić information content (AvgIpc) is 3.18. The van der Waals surface area contributed by atoms with Crippen molar-refractivity contribution in [3.8, 4) is 33.8 Å². The minimum atomic E-state index is 0.828. The molecule has 0 bridgehead atoms. The van der Waals surface area contributed by atoms with Crippen molar-refractivity contribution in [3.05, 3.63) is 194 Å². The summed E-state index contributed by atoms with van der Waals surface area (Å²) in [7, 11) is 0. The first-order valence-electron chi connectivity index (χ1n) is 16.6. The molecule has 3 nitrogen and oxygen atoms in total. The average molecular weight is 629 g/mol. The van der Waals surface area contributed by atoms with E-state index < -0.39 is 0 Å². The Morgan fingerprint density at radius 1 is 0.347 bits per heavy atom. The van der Waals surface area contributed by atoms with Crippen LogP contribution in [-0.2, 0) is 0 Å². The number of ether oxygens (including phenoxy) is 1. The molecule has 0 radical (unpaired) electrons. The van der Waals surface area contributed by atoms with Crippen LogP contribution in [0, 0.1) is 0 Å². The van der Waals surface area contributed by atoms with Crippen molar-refractivity contribution >= 4 is 44.9 Å². The summed E-state index contributed by atoms with van der Waals surface area (Å²) in [5.41, 5.74) is 10.9. The lowest BCUT2D eigenvalue weighted by Crippen LogP contribution is -2.13. The molecule has 9 rings (SSSR count). The van der Waals surface area contributed by atoms with E-state index in [0.29, 0.717) is 0 Å². The number of rotatable bonds is 7. The molecule has 1 heterocycles. The van der Waals surface area contributed by atoms with Crippen LogP contribution in [-0.4, -0.2) is 0 Å². The van der Waals surface area contributed by atoms with Crippen LogP contribution in [0.4, 0.5) is 34.1 Å². The predicted molar refractivity (Wildman–Crippen MR) is 204 cm³/mol. The van der Waals surface area contributed by atoms with E-state index in [-0.39, 0.29) is 0 Å². The summed E-state index contributed by atoms with van der Waals surface area (Å²) in [6.07, 6.45) is 0. The first-order chi connectivity index (χ1) is 24.3. The normalized spacial score (nSPS) is 11.4. The van der Waals surface area contributed by atoms with Gasteiger partial charge in [0.1, 0.15) is 5.75 Å². The van der Waals surface area contributed by atoms with E-state index in [4.69, 9.17) is 4.74 Å². The van der Waals surface area contributed by atoms with Gasteiger partial charge in [0.15, 0.2) is 5.75 Å². The molecule has 49 heavy (non-hydrogen) atoms. The SMILES string of the molecule is c1ccc(-c2ccc(N(c3ccccc3)c3ccc4cccc5c4c3Oc3cc(N(c4ccccc4)c4ccccc4)ccc3-5)cc2)cc1. The van der Waals surface area contributed by atoms with E-state index in [2.05, 4.69) is 204 Å². The molecule has 1 aliphatic rings. The highest BCUT2D eigenvalue weighted by Crippen LogP contribution is 2.54. The van der Waals surface area contributed by atoms with Gasteiger partial charge in [0.25, 0.3) is 0 Å². The summed E-state index contributed by atoms with van der Waals surface area (Å²) in [5, 5.41) is 2.26. The Morgan fingerprint density at radius 3 is 1.51 bits per heavy atom. The Balaban J connectivity index is 1.20. The van der Waals surface area contributed by atoms with Crippen LogP contribution < -0.4 is 14.5 Å². The van der Waals surface area contributed by atoms with E-state index in [1.54, 1.807) is 0 Å². The molecule has 1 aliphatic heterocycles. The molecule has 232 valence electrons. The van der Waals surface area contributed by atoms with Crippen molar-refractivity contribution < 1.29 is 4.74 Å². The Labute approximate surface area is 286 Å². The molecule has 8 aromatic carbocycles. The molecule has 0 aromatic heterocycles. The van der Waals surface area contributed by atoms with Crippen molar-refractivity contribution in [3.63, 3.8) is 0 Å². The molecule has 0 fully saturated rings. The maximum atomic E-state index is 7.09. The molecule has 8 aromatic rings. The lowest BCUT2D eigenvalue weighted by atomic mass is 9.93. The third-order valence-corrected chi connectivity index (χ3v) is 9.22. The summed E-state index contributed by atoms with van der Waals surface area (Å²) in [5.74, 6) is 1.67. The minimum absolute atomic E-state index is 0.828. The van der Waals surface area contributed by atoms with Gasteiger partial charge in [-0.05, 0) is 88.8 Å². The predicted octanol–water partition coefficient (Wildman–Crippen LogP) is 13.2. The largest absolute Gasteiger partial charge is 0.454 e. The number of fused-ring (bicyclic) bond motifs is 2. The van der Waals surface area contributed by atoms with Crippen LogP contribution in [0.25, 0.3) is 33.0 Å². The Hall–Kier alpha value is -6.58. The number of anilines is 6. The lowest BCUT2D eigenvalue weighted by molar-refractivity contribution is 0.488. The molecule has 0 spiro atoms. The van der Waals surface area contributed by atoms with Crippen LogP contribution in [0.5, 0.6) is 11.5 Å². The van der Waals surface area contributed by atoms with E-state index in [0.717, 1.165) is 62.0 Å². The number of nitrogens with zero attached hydrogens (tertiary/aromatic N) is 2. The number of hydrogen-bond acceptors (Lipinski definition) is 3. The van der Waals surface area contributed by atoms with Gasteiger partial charge in [0.05, 0.1) is 5.69 Å². The highest BCUT2D eigenvalue weighted by molar-refractivity contribution is 6.08. The van der Waals surface area contributed by atoms with Crippen LogP contribution in [0.15, 0.2) is 194 Å². The van der Waals surface area contributed by atoms with Crippen molar-refractivity contribution in [2.24, 2.45) is 0 Å². The maximum absolute atomic E-state index is 7.09. The maximum Gasteiger partial charge on any atom is 0.159 e. The van der Waals surface area contributed by atoms with Gasteiger partial charge in [-0.1, -0.05) is 121 Å². The van der Waals surface area contributed by atoms with Crippen molar-refractivity contribution in [2.45, 2.75) is 0 Å². The fourth-order valence-corrected chi connectivity index (χ4v) is 6.95. The number of para-hydroxylation sites is 3. The molecular formula is C46H32N2O. The monoisotopic (exact) mass is 628 g/mol. The zero-order valence-corrected chi connectivity index (χ0v) is 26.8. The van der Waals surface area contributed by atoms with Crippen LogP contribution in [0.2, 0.25) is 0 Å². The van der Waals surface area contributed by atoms with Gasteiger partial charge >= 0.3 is 0 Å². The molecule has 0 atom stereocenters. The number of benzene rings is 8. The molecule has 0 amide bonds. The third kappa shape index (κ3) is 5.18. The van der Waals surface area contributed by atoms with Crippen molar-refractivity contribution in [2.75, 3.05) is 9.80 Å². The first kappa shape index (κ1) is 28.6. The molecule has 0 N–H and O–H groups in total. The summed E-state index contributed by atoms with van der Waals surface area (Å²) < 4.78 is 7.09. The molecule has 3 heteroatoms. The summed E-state index contributed by atoms with van der Waals surface area (Å²) in [6.45, 7) is 0. The van der Waals surface area contributed by atoms with Gasteiger partial charge in [-0.25, -0.2) is 0 Å². The topological polar surface area (TPSA) is 15.7 Å². The molecule has 0 aliphatic carbocycles. The minimum Gasteiger partial charge on any atom is -0.454 e. The highest BCUT2D eigenvalue weighted by Gasteiger charge is 2.27. The van der Waals surface area contributed by atoms with Gasteiger partial charge in [-0.3, -0.25) is 0 Å². The first-order valence-corrected chi connectivity index (χ1v) is 16.6. The van der Waals surface area contributed by atoms with Gasteiger partial charge in [-0.15, -0.1) is 0 Å². The third-order valence-electron chi connectivity index (χ3n) is 9.22. The summed E-state index contributed by atoms with van der Waals surface area (Å²) >= 11 is 0. The lowest BCUT2D eigenvalue weighted by Gasteiger charge is -2.31. The molecule has 0 unspecified atom stereocenters. The Kier molecular flexibility index (Phi) is 7.14. The summed E-state index contributed by atoms with van der Waals surface area (Å²) in [4.78, 5) is 4.58. The summed E-state index contributed by atoms with van der Waals surface area (Å²) in [6, 6.07) is 68.3. The quantitative estimate of drug-likeness (QED) is 0.175. The van der Waals surface area contributed by atoms with Crippen molar-refractivity contribution in [1.82, 2.24) is 0 Å².